The maximum Gasteiger partial charge on any atom is 0.453 e. The van der Waals surface area contributed by atoms with Gasteiger partial charge in [0.15, 0.2) is 0 Å². The molecule has 0 spiro atoms. The van der Waals surface area contributed by atoms with Gasteiger partial charge in [-0.05, 0) is 61.4 Å². The number of carbonyl (C=O) groups is 1. The Morgan fingerprint density at radius 3 is 2.02 bits per heavy atom. The van der Waals surface area contributed by atoms with E-state index in [4.69, 9.17) is 4.74 Å². The van der Waals surface area contributed by atoms with E-state index in [0.717, 1.165) is 62.5 Å². The summed E-state index contributed by atoms with van der Waals surface area (Å²) in [6, 6.07) is 12.6. The number of alkyl halides is 5. The Hall–Kier alpha value is -3.04. The topological polar surface area (TPSA) is 87.0 Å². The first-order chi connectivity index (χ1) is 20.8. The largest absolute Gasteiger partial charge is 0.508 e. The van der Waals surface area contributed by atoms with E-state index in [9.17, 15) is 42.1 Å². The van der Waals surface area contributed by atoms with E-state index in [1.165, 1.54) is 0 Å². The van der Waals surface area contributed by atoms with Gasteiger partial charge in [-0.15, -0.1) is 0 Å². The molecule has 0 radical (unpaired) electrons. The second-order valence-corrected chi connectivity index (χ2v) is 12.2. The molecule has 0 aromatic heterocycles. The molecule has 0 aliphatic carbocycles. The van der Waals surface area contributed by atoms with Crippen molar-refractivity contribution >= 4 is 5.97 Å². The average Bonchev–Trinajstić information content (AvgIpc) is 2.96. The van der Waals surface area contributed by atoms with Crippen LogP contribution in [0.1, 0.15) is 114 Å². The third-order valence-corrected chi connectivity index (χ3v) is 9.20. The van der Waals surface area contributed by atoms with E-state index >= 15 is 0 Å². The predicted octanol–water partition coefficient (Wildman–Crippen LogP) is 9.89. The zero-order chi connectivity index (χ0) is 32.4. The number of ether oxygens (including phenoxy) is 1. The summed E-state index contributed by atoms with van der Waals surface area (Å²) in [5, 5.41) is 29.4. The number of hydrogen-bond donors (Lipinski definition) is 3. The number of aromatic hydroxyl groups is 2. The van der Waals surface area contributed by atoms with Crippen molar-refractivity contribution in [1.29, 1.82) is 0 Å². The minimum atomic E-state index is -5.55. The molecular formula is C34H45F5O5. The van der Waals surface area contributed by atoms with E-state index in [2.05, 4.69) is 6.92 Å². The molecule has 0 saturated carbocycles. The van der Waals surface area contributed by atoms with Crippen molar-refractivity contribution in [3.63, 3.8) is 0 Å². The van der Waals surface area contributed by atoms with Crippen LogP contribution >= 0.6 is 0 Å². The lowest BCUT2D eigenvalue weighted by Crippen LogP contribution is -2.42. The third kappa shape index (κ3) is 9.24. The molecule has 0 saturated heterocycles. The lowest BCUT2D eigenvalue weighted by Gasteiger charge is -2.45. The number of rotatable bonds is 18. The van der Waals surface area contributed by atoms with Crippen LogP contribution in [0.25, 0.3) is 0 Å². The summed E-state index contributed by atoms with van der Waals surface area (Å²) in [5.74, 6) is -5.04. The molecule has 1 heterocycles. The van der Waals surface area contributed by atoms with Crippen molar-refractivity contribution in [2.75, 3.05) is 6.61 Å². The minimum Gasteiger partial charge on any atom is -0.508 e. The summed E-state index contributed by atoms with van der Waals surface area (Å²) < 4.78 is 69.0. The highest BCUT2D eigenvalue weighted by Crippen LogP contribution is 2.51. The number of unbranched alkanes of at least 4 members (excludes halogenated alkanes) is 7. The van der Waals surface area contributed by atoms with Gasteiger partial charge in [0.1, 0.15) is 17.2 Å². The molecule has 1 unspecified atom stereocenters. The fourth-order valence-corrected chi connectivity index (χ4v) is 6.50. The van der Waals surface area contributed by atoms with Crippen LogP contribution in [-0.2, 0) is 10.2 Å². The van der Waals surface area contributed by atoms with Gasteiger partial charge in [0, 0.05) is 23.8 Å². The summed E-state index contributed by atoms with van der Waals surface area (Å²) >= 11 is 0. The van der Waals surface area contributed by atoms with E-state index < -0.39 is 30.4 Å². The van der Waals surface area contributed by atoms with Gasteiger partial charge in [-0.25, -0.2) is 0 Å². The number of benzene rings is 2. The lowest BCUT2D eigenvalue weighted by atomic mass is 9.63. The monoisotopic (exact) mass is 628 g/mol. The Labute approximate surface area is 256 Å². The molecule has 44 heavy (non-hydrogen) atoms. The van der Waals surface area contributed by atoms with E-state index in [0.29, 0.717) is 25.2 Å². The van der Waals surface area contributed by atoms with Gasteiger partial charge in [-0.2, -0.15) is 22.0 Å². The third-order valence-electron chi connectivity index (χ3n) is 9.20. The van der Waals surface area contributed by atoms with Gasteiger partial charge in [-0.3, -0.25) is 4.79 Å². The first kappa shape index (κ1) is 35.4. The van der Waals surface area contributed by atoms with Crippen molar-refractivity contribution in [1.82, 2.24) is 0 Å². The zero-order valence-electron chi connectivity index (χ0n) is 25.4. The molecule has 3 rings (SSSR count). The zero-order valence-corrected chi connectivity index (χ0v) is 25.4. The molecule has 2 aromatic carbocycles. The van der Waals surface area contributed by atoms with Crippen LogP contribution in [0.15, 0.2) is 42.5 Å². The van der Waals surface area contributed by atoms with Crippen molar-refractivity contribution in [3.8, 4) is 17.2 Å². The summed E-state index contributed by atoms with van der Waals surface area (Å²) in [7, 11) is 0. The SMILES string of the molecule is CC[C@]1(c2ccc(O)cc2)COc2cc(O)ccc2[C@H]1CCCCCCCCC(CCCCCC(F)(F)C(F)(F)F)C(=O)O. The fraction of sp³-hybridized carbons (Fsp3) is 0.618. The molecule has 3 N–H and O–H groups in total. The highest BCUT2D eigenvalue weighted by atomic mass is 19.4. The van der Waals surface area contributed by atoms with Crippen molar-refractivity contribution in [2.24, 2.45) is 5.92 Å². The van der Waals surface area contributed by atoms with Gasteiger partial charge in [-0.1, -0.05) is 76.5 Å². The minimum absolute atomic E-state index is 0.139. The smallest absolute Gasteiger partial charge is 0.453 e. The second kappa shape index (κ2) is 15.8. The van der Waals surface area contributed by atoms with Crippen LogP contribution in [0.5, 0.6) is 17.2 Å². The van der Waals surface area contributed by atoms with Crippen molar-refractivity contribution in [3.05, 3.63) is 53.6 Å². The van der Waals surface area contributed by atoms with Crippen LogP contribution in [0.3, 0.4) is 0 Å². The van der Waals surface area contributed by atoms with Gasteiger partial charge in [0.2, 0.25) is 0 Å². The maximum atomic E-state index is 13.0. The Morgan fingerprint density at radius 1 is 0.864 bits per heavy atom. The molecule has 0 fully saturated rings. The van der Waals surface area contributed by atoms with Crippen LogP contribution in [-0.4, -0.2) is 40.0 Å². The number of fused-ring (bicyclic) bond motifs is 1. The highest BCUT2D eigenvalue weighted by molar-refractivity contribution is 5.69. The van der Waals surface area contributed by atoms with Crippen LogP contribution in [0.2, 0.25) is 0 Å². The number of aliphatic carboxylic acids is 1. The predicted molar refractivity (Wildman–Crippen MR) is 159 cm³/mol. The normalized spacial score (nSPS) is 19.3. The van der Waals surface area contributed by atoms with E-state index in [1.54, 1.807) is 24.3 Å². The molecule has 246 valence electrons. The maximum absolute atomic E-state index is 13.0. The van der Waals surface area contributed by atoms with Crippen LogP contribution in [0, 0.1) is 5.92 Å². The number of halogens is 5. The lowest BCUT2D eigenvalue weighted by molar-refractivity contribution is -0.284. The van der Waals surface area contributed by atoms with Gasteiger partial charge in [0.25, 0.3) is 0 Å². The molecule has 0 amide bonds. The van der Waals surface area contributed by atoms with Gasteiger partial charge >= 0.3 is 18.1 Å². The number of phenols is 2. The molecule has 10 heteroatoms. The van der Waals surface area contributed by atoms with Crippen molar-refractivity contribution < 1.29 is 46.8 Å². The van der Waals surface area contributed by atoms with E-state index in [1.807, 2.05) is 18.2 Å². The first-order valence-corrected chi connectivity index (χ1v) is 15.7. The molecule has 5 nitrogen and oxygen atoms in total. The summed E-state index contributed by atoms with van der Waals surface area (Å²) in [6.07, 6.45) is 1.36. The molecule has 2 aromatic rings. The number of phenolic OH excluding ortho intramolecular Hbond substituents is 2. The molecule has 1 aliphatic rings. The van der Waals surface area contributed by atoms with Gasteiger partial charge in [0.05, 0.1) is 12.5 Å². The van der Waals surface area contributed by atoms with Crippen LogP contribution < -0.4 is 4.74 Å². The fourth-order valence-electron chi connectivity index (χ4n) is 6.50. The van der Waals surface area contributed by atoms with Crippen LogP contribution in [0.4, 0.5) is 22.0 Å². The Kier molecular flexibility index (Phi) is 12.7. The summed E-state index contributed by atoms with van der Waals surface area (Å²) in [6.45, 7) is 2.62. The number of hydrogen-bond acceptors (Lipinski definition) is 4. The Morgan fingerprint density at radius 2 is 1.43 bits per heavy atom. The second-order valence-electron chi connectivity index (χ2n) is 12.2. The van der Waals surface area contributed by atoms with Crippen molar-refractivity contribution in [2.45, 2.75) is 120 Å². The quantitative estimate of drug-likeness (QED) is 0.113. The molecule has 0 bridgehead atoms. The molecule has 1 aliphatic heterocycles. The average molecular weight is 629 g/mol. The number of carboxylic acids is 1. The van der Waals surface area contributed by atoms with Gasteiger partial charge < -0.3 is 20.1 Å². The number of carboxylic acid groups (broad SMARTS) is 1. The highest BCUT2D eigenvalue weighted by Gasteiger charge is 2.56. The summed E-state index contributed by atoms with van der Waals surface area (Å²) in [4.78, 5) is 11.6. The first-order valence-electron chi connectivity index (χ1n) is 15.7. The Bertz CT molecular complexity index is 1180. The summed E-state index contributed by atoms with van der Waals surface area (Å²) in [5.41, 5.74) is 1.90. The van der Waals surface area contributed by atoms with E-state index in [-0.39, 0.29) is 42.1 Å². The molecular weight excluding hydrogens is 583 g/mol. The standard InChI is InChI=1S/C34H45F5O5/c1-2-32(25-15-17-26(40)18-16-25)23-44-30-22-27(41)19-20-28(30)29(32)14-10-6-4-3-5-8-12-24(31(42)43)13-9-7-11-21-33(35,36)34(37,38)39/h15-20,22,24,29,40-41H,2-14,21,23H2,1H3,(H,42,43)/t24?,29-,32-/m1/s1. The molecule has 3 atom stereocenters. The Balaban J connectivity index is 1.43.